The molecule has 0 radical (unpaired) electrons. The van der Waals surface area contributed by atoms with Crippen LogP contribution in [0.5, 0.6) is 0 Å². The molecule has 1 aliphatic heterocycles. The third-order valence-electron chi connectivity index (χ3n) is 2.90. The summed E-state index contributed by atoms with van der Waals surface area (Å²) >= 11 is 11.7. The zero-order chi connectivity index (χ0) is 15.8. The molecule has 1 aromatic carbocycles. The molecule has 6 nitrogen and oxygen atoms in total. The summed E-state index contributed by atoms with van der Waals surface area (Å²) in [7, 11) is -4.17. The van der Waals surface area contributed by atoms with Crippen LogP contribution in [0.25, 0.3) is 0 Å². The fourth-order valence-electron chi connectivity index (χ4n) is 2.03. The highest BCUT2D eigenvalue weighted by Gasteiger charge is 2.31. The van der Waals surface area contributed by atoms with Crippen molar-refractivity contribution < 1.29 is 13.2 Å². The third kappa shape index (κ3) is 3.30. The largest absolute Gasteiger partial charge is 0.351 e. The van der Waals surface area contributed by atoms with Gasteiger partial charge in [-0.15, -0.1) is 0 Å². The summed E-state index contributed by atoms with van der Waals surface area (Å²) in [6.07, 6.45) is 0.598. The predicted molar refractivity (Wildman–Crippen MR) is 81.2 cm³/mol. The maximum Gasteiger partial charge on any atom is 0.351 e. The number of nitrogens with one attached hydrogen (secondary N) is 1. The number of carbonyl (C=O) groups excluding carboxylic acids is 1. The van der Waals surface area contributed by atoms with Gasteiger partial charge in [0.1, 0.15) is 4.90 Å². The number of carbonyl (C=O) groups is 1. The number of urea groups is 1. The highest BCUT2D eigenvalue weighted by molar-refractivity contribution is 7.90. The molecule has 0 saturated carbocycles. The van der Waals surface area contributed by atoms with Gasteiger partial charge in [0, 0.05) is 12.1 Å². The molecule has 0 fully saturated rings. The molecule has 2 rings (SSSR count). The molecule has 1 atom stereocenters. The van der Waals surface area contributed by atoms with E-state index in [1.807, 2.05) is 4.72 Å². The highest BCUT2D eigenvalue weighted by Crippen LogP contribution is 2.29. The first-order valence-electron chi connectivity index (χ1n) is 6.06. The Kier molecular flexibility index (Phi) is 4.46. The summed E-state index contributed by atoms with van der Waals surface area (Å²) in [4.78, 5) is 11.7. The number of nitrogens with zero attached hydrogens (tertiary/aromatic N) is 2. The Balaban J connectivity index is 2.28. The van der Waals surface area contributed by atoms with Crippen molar-refractivity contribution in [3.8, 4) is 0 Å². The Morgan fingerprint density at radius 2 is 1.95 bits per heavy atom. The maximum atomic E-state index is 12.3. The number of hydrogen-bond acceptors (Lipinski definition) is 4. The summed E-state index contributed by atoms with van der Waals surface area (Å²) in [6, 6.07) is 3.24. The van der Waals surface area contributed by atoms with Crippen LogP contribution >= 0.6 is 23.2 Å². The van der Waals surface area contributed by atoms with E-state index in [1.54, 1.807) is 13.8 Å². The van der Waals surface area contributed by atoms with E-state index in [1.165, 1.54) is 18.2 Å². The van der Waals surface area contributed by atoms with E-state index in [-0.39, 0.29) is 21.0 Å². The lowest BCUT2D eigenvalue weighted by Crippen LogP contribution is -2.42. The second-order valence-electron chi connectivity index (χ2n) is 4.69. The molecule has 1 aromatic rings. The molecule has 0 aliphatic carbocycles. The van der Waals surface area contributed by atoms with E-state index in [9.17, 15) is 13.2 Å². The van der Waals surface area contributed by atoms with Crippen molar-refractivity contribution in [2.75, 3.05) is 0 Å². The summed E-state index contributed by atoms with van der Waals surface area (Å²) < 4.78 is 26.4. The van der Waals surface area contributed by atoms with Crippen LogP contribution in [-0.4, -0.2) is 31.2 Å². The van der Waals surface area contributed by atoms with Gasteiger partial charge >= 0.3 is 6.03 Å². The molecule has 114 valence electrons. The van der Waals surface area contributed by atoms with Crippen LogP contribution in [0.4, 0.5) is 4.79 Å². The van der Waals surface area contributed by atoms with E-state index < -0.39 is 16.1 Å². The van der Waals surface area contributed by atoms with Crippen LogP contribution < -0.4 is 4.72 Å². The maximum absolute atomic E-state index is 12.3. The second-order valence-corrected chi connectivity index (χ2v) is 7.13. The molecule has 0 saturated heterocycles. The molecular formula is C12H13Cl2N3O3S. The van der Waals surface area contributed by atoms with Crippen molar-refractivity contribution in [3.63, 3.8) is 0 Å². The minimum atomic E-state index is -4.17. The van der Waals surface area contributed by atoms with Crippen LogP contribution in [0.15, 0.2) is 28.2 Å². The van der Waals surface area contributed by atoms with Crippen molar-refractivity contribution in [3.05, 3.63) is 28.2 Å². The lowest BCUT2D eigenvalue weighted by Gasteiger charge is -2.19. The number of hydrazone groups is 1. The zero-order valence-electron chi connectivity index (χ0n) is 11.3. The zero-order valence-corrected chi connectivity index (χ0v) is 13.6. The monoisotopic (exact) mass is 349 g/mol. The number of amides is 2. The summed E-state index contributed by atoms with van der Waals surface area (Å²) in [5, 5.41) is 4.98. The summed E-state index contributed by atoms with van der Waals surface area (Å²) in [5.74, 6) is 0. The topological polar surface area (TPSA) is 78.8 Å². The number of sulfonamides is 1. The van der Waals surface area contributed by atoms with Gasteiger partial charge in [-0.3, -0.25) is 0 Å². The molecule has 0 spiro atoms. The van der Waals surface area contributed by atoms with Crippen LogP contribution in [-0.2, 0) is 10.0 Å². The average Bonchev–Trinajstić information content (AvgIpc) is 2.67. The van der Waals surface area contributed by atoms with Gasteiger partial charge in [-0.05, 0) is 26.0 Å². The molecule has 1 aliphatic rings. The van der Waals surface area contributed by atoms with Gasteiger partial charge in [0.2, 0.25) is 0 Å². The molecule has 0 aromatic heterocycles. The quantitative estimate of drug-likeness (QED) is 0.891. The first kappa shape index (κ1) is 16.1. The molecule has 21 heavy (non-hydrogen) atoms. The summed E-state index contributed by atoms with van der Waals surface area (Å²) in [6.45, 7) is 3.54. The molecule has 0 bridgehead atoms. The number of halogens is 2. The Labute approximate surface area is 132 Å². The standard InChI is InChI=1S/C12H13Cl2N3O3S/c1-7-6-8(2)17(15-7)12(18)16-21(19,20)11-9(13)4-3-5-10(11)14/h3-5,8H,6H2,1-2H3,(H,16,18). The van der Waals surface area contributed by atoms with E-state index in [4.69, 9.17) is 23.2 Å². The van der Waals surface area contributed by atoms with E-state index in [0.717, 1.165) is 10.7 Å². The fourth-order valence-corrected chi connectivity index (χ4v) is 4.12. The minimum absolute atomic E-state index is 0.0584. The van der Waals surface area contributed by atoms with Gasteiger partial charge in [0.15, 0.2) is 0 Å². The average molecular weight is 350 g/mol. The second kappa shape index (κ2) is 5.82. The number of benzene rings is 1. The summed E-state index contributed by atoms with van der Waals surface area (Å²) in [5.41, 5.74) is 0.755. The molecule has 1 heterocycles. The molecule has 1 N–H and O–H groups in total. The van der Waals surface area contributed by atoms with Crippen LogP contribution in [0.3, 0.4) is 0 Å². The lowest BCUT2D eigenvalue weighted by atomic mass is 10.2. The Hall–Kier alpha value is -1.31. The SMILES string of the molecule is CC1=NN(C(=O)NS(=O)(=O)c2c(Cl)cccc2Cl)C(C)C1. The van der Waals surface area contributed by atoms with E-state index >= 15 is 0 Å². The van der Waals surface area contributed by atoms with Crippen molar-refractivity contribution in [1.29, 1.82) is 0 Å². The van der Waals surface area contributed by atoms with E-state index in [2.05, 4.69) is 5.10 Å². The number of rotatable bonds is 2. The van der Waals surface area contributed by atoms with Crippen molar-refractivity contribution in [1.82, 2.24) is 9.73 Å². The van der Waals surface area contributed by atoms with Gasteiger partial charge < -0.3 is 0 Å². The van der Waals surface area contributed by atoms with Crippen molar-refractivity contribution in [2.24, 2.45) is 5.10 Å². The van der Waals surface area contributed by atoms with Gasteiger partial charge in [-0.25, -0.2) is 22.9 Å². The van der Waals surface area contributed by atoms with Crippen molar-refractivity contribution >= 4 is 45.0 Å². The first-order chi connectivity index (χ1) is 9.72. The third-order valence-corrected chi connectivity index (χ3v) is 5.18. The Morgan fingerprint density at radius 3 is 2.43 bits per heavy atom. The molecule has 9 heteroatoms. The number of hydrogen-bond donors (Lipinski definition) is 1. The van der Waals surface area contributed by atoms with Crippen molar-refractivity contribution in [2.45, 2.75) is 31.2 Å². The molecule has 2 amide bonds. The van der Waals surface area contributed by atoms with Crippen LogP contribution in [0.2, 0.25) is 10.0 Å². The lowest BCUT2D eigenvalue weighted by molar-refractivity contribution is 0.196. The minimum Gasteiger partial charge on any atom is -0.246 e. The fraction of sp³-hybridized carbons (Fsp3) is 0.333. The smallest absolute Gasteiger partial charge is 0.246 e. The van der Waals surface area contributed by atoms with Gasteiger partial charge in [-0.2, -0.15) is 5.10 Å². The Bertz CT molecular complexity index is 698. The van der Waals surface area contributed by atoms with Crippen LogP contribution in [0, 0.1) is 0 Å². The Morgan fingerprint density at radius 1 is 1.38 bits per heavy atom. The van der Waals surface area contributed by atoms with E-state index in [0.29, 0.717) is 6.42 Å². The van der Waals surface area contributed by atoms with Gasteiger partial charge in [0.05, 0.1) is 16.1 Å². The predicted octanol–water partition coefficient (Wildman–Crippen LogP) is 2.86. The molecular weight excluding hydrogens is 337 g/mol. The highest BCUT2D eigenvalue weighted by atomic mass is 35.5. The van der Waals surface area contributed by atoms with Gasteiger partial charge in [-0.1, -0.05) is 29.3 Å². The first-order valence-corrected chi connectivity index (χ1v) is 8.30. The van der Waals surface area contributed by atoms with Gasteiger partial charge in [0.25, 0.3) is 10.0 Å². The molecule has 1 unspecified atom stereocenters. The normalized spacial score (nSPS) is 18.6. The van der Waals surface area contributed by atoms with Crippen LogP contribution in [0.1, 0.15) is 20.3 Å².